The Morgan fingerprint density at radius 2 is 1.87 bits per heavy atom. The molecule has 1 saturated heterocycles. The van der Waals surface area contributed by atoms with Crippen LogP contribution in [0.4, 0.5) is 5.69 Å². The van der Waals surface area contributed by atoms with Crippen molar-refractivity contribution < 1.29 is 17.6 Å². The van der Waals surface area contributed by atoms with Crippen LogP contribution in [0, 0.1) is 0 Å². The fourth-order valence-corrected chi connectivity index (χ4v) is 5.72. The minimum Gasteiger partial charge on any atom is -0.451 e. The highest BCUT2D eigenvalue weighted by atomic mass is 32.2. The number of anilines is 1. The van der Waals surface area contributed by atoms with E-state index in [2.05, 4.69) is 5.32 Å². The standard InChI is InChI=1S/C23H24N2O5S/c1-2-17-7-5-6-14-25(17)31(28,29)18-12-10-16(11-13-18)24-23(27)22-15-20(26)19-8-3-4-9-21(19)30-22/h3-4,8-13,15,17H,2,5-7,14H2,1H3,(H,24,27)/t17-/m0/s1. The fourth-order valence-electron chi connectivity index (χ4n) is 3.95. The van der Waals surface area contributed by atoms with Crippen LogP contribution in [-0.2, 0) is 10.0 Å². The van der Waals surface area contributed by atoms with Gasteiger partial charge in [0.25, 0.3) is 5.91 Å². The molecule has 1 N–H and O–H groups in total. The van der Waals surface area contributed by atoms with Crippen molar-refractivity contribution in [3.8, 4) is 0 Å². The van der Waals surface area contributed by atoms with Crippen LogP contribution in [0.5, 0.6) is 0 Å². The maximum absolute atomic E-state index is 13.1. The smallest absolute Gasteiger partial charge is 0.291 e. The quantitative estimate of drug-likeness (QED) is 0.647. The highest BCUT2D eigenvalue weighted by Crippen LogP contribution is 2.27. The number of nitrogens with one attached hydrogen (secondary N) is 1. The number of nitrogens with zero attached hydrogens (tertiary/aromatic N) is 1. The van der Waals surface area contributed by atoms with Gasteiger partial charge in [-0.2, -0.15) is 4.31 Å². The molecule has 7 nitrogen and oxygen atoms in total. The minimum atomic E-state index is -3.59. The Balaban J connectivity index is 1.53. The van der Waals surface area contributed by atoms with Crippen LogP contribution in [0.2, 0.25) is 0 Å². The van der Waals surface area contributed by atoms with E-state index in [4.69, 9.17) is 4.42 Å². The number of sulfonamides is 1. The summed E-state index contributed by atoms with van der Waals surface area (Å²) in [6.45, 7) is 2.53. The van der Waals surface area contributed by atoms with E-state index >= 15 is 0 Å². The third-order valence-corrected chi connectivity index (χ3v) is 7.59. The summed E-state index contributed by atoms with van der Waals surface area (Å²) in [6, 6.07) is 13.9. The predicted octanol–water partition coefficient (Wildman–Crippen LogP) is 4.00. The van der Waals surface area contributed by atoms with Crippen LogP contribution in [0.1, 0.15) is 43.2 Å². The molecule has 1 aromatic heterocycles. The van der Waals surface area contributed by atoms with Crippen molar-refractivity contribution in [1.82, 2.24) is 4.31 Å². The third-order valence-electron chi connectivity index (χ3n) is 5.62. The lowest BCUT2D eigenvalue weighted by Gasteiger charge is -2.34. The molecule has 31 heavy (non-hydrogen) atoms. The molecule has 1 amide bonds. The van der Waals surface area contributed by atoms with Gasteiger partial charge in [0, 0.05) is 24.3 Å². The molecule has 0 bridgehead atoms. The van der Waals surface area contributed by atoms with Crippen LogP contribution in [0.15, 0.2) is 68.7 Å². The lowest BCUT2D eigenvalue weighted by molar-refractivity contribution is 0.0997. The molecule has 1 aliphatic rings. The Hall–Kier alpha value is -2.97. The van der Waals surface area contributed by atoms with Crippen molar-refractivity contribution in [2.75, 3.05) is 11.9 Å². The second kappa shape index (κ2) is 8.64. The maximum atomic E-state index is 13.1. The molecule has 2 aromatic carbocycles. The van der Waals surface area contributed by atoms with Gasteiger partial charge in [0.2, 0.25) is 10.0 Å². The average Bonchev–Trinajstić information content (AvgIpc) is 2.79. The number of amides is 1. The molecule has 1 aliphatic heterocycles. The summed E-state index contributed by atoms with van der Waals surface area (Å²) in [6.07, 6.45) is 3.56. The molecule has 0 radical (unpaired) electrons. The van der Waals surface area contributed by atoms with Gasteiger partial charge in [0.05, 0.1) is 10.3 Å². The number of hydrogen-bond acceptors (Lipinski definition) is 5. The molecule has 0 aliphatic carbocycles. The van der Waals surface area contributed by atoms with Crippen molar-refractivity contribution in [1.29, 1.82) is 0 Å². The molecule has 0 saturated carbocycles. The molecule has 8 heteroatoms. The Kier molecular flexibility index (Phi) is 5.93. The number of carbonyl (C=O) groups excluding carboxylic acids is 1. The number of hydrogen-bond donors (Lipinski definition) is 1. The first-order valence-corrected chi connectivity index (χ1v) is 11.8. The number of carbonyl (C=O) groups is 1. The van der Waals surface area contributed by atoms with Crippen molar-refractivity contribution in [3.05, 3.63) is 70.6 Å². The van der Waals surface area contributed by atoms with Crippen LogP contribution in [0.3, 0.4) is 0 Å². The number of rotatable bonds is 5. The van der Waals surface area contributed by atoms with Crippen molar-refractivity contribution in [2.45, 2.75) is 43.5 Å². The van der Waals surface area contributed by atoms with E-state index < -0.39 is 15.9 Å². The molecular formula is C23H24N2O5S. The molecule has 162 valence electrons. The zero-order valence-electron chi connectivity index (χ0n) is 17.2. The largest absolute Gasteiger partial charge is 0.451 e. The Labute approximate surface area is 180 Å². The molecule has 4 rings (SSSR count). The first-order chi connectivity index (χ1) is 14.9. The number of para-hydroxylation sites is 1. The number of benzene rings is 2. The third kappa shape index (κ3) is 4.26. The summed E-state index contributed by atoms with van der Waals surface area (Å²) in [5.41, 5.74) is 0.430. The summed E-state index contributed by atoms with van der Waals surface area (Å²) in [4.78, 5) is 24.9. The highest BCUT2D eigenvalue weighted by Gasteiger charge is 2.32. The molecule has 3 aromatic rings. The summed E-state index contributed by atoms with van der Waals surface area (Å²) >= 11 is 0. The Morgan fingerprint density at radius 1 is 1.13 bits per heavy atom. The summed E-state index contributed by atoms with van der Waals surface area (Å²) in [7, 11) is -3.59. The van der Waals surface area contributed by atoms with E-state index in [1.807, 2.05) is 6.92 Å². The minimum absolute atomic E-state index is 0.0222. The first kappa shape index (κ1) is 21.3. The van der Waals surface area contributed by atoms with Crippen LogP contribution in [0.25, 0.3) is 11.0 Å². The first-order valence-electron chi connectivity index (χ1n) is 10.4. The lowest BCUT2D eigenvalue weighted by Crippen LogP contribution is -2.43. The van der Waals surface area contributed by atoms with Crippen molar-refractivity contribution >= 4 is 32.6 Å². The number of fused-ring (bicyclic) bond motifs is 1. The Bertz CT molecular complexity index is 1270. The zero-order chi connectivity index (χ0) is 22.0. The second-order valence-electron chi connectivity index (χ2n) is 7.62. The molecule has 1 fully saturated rings. The van der Waals surface area contributed by atoms with Gasteiger partial charge in [-0.1, -0.05) is 25.5 Å². The van der Waals surface area contributed by atoms with E-state index in [0.29, 0.717) is 23.2 Å². The van der Waals surface area contributed by atoms with Gasteiger partial charge in [-0.25, -0.2) is 8.42 Å². The van der Waals surface area contributed by atoms with Crippen LogP contribution < -0.4 is 10.7 Å². The molecule has 1 atom stereocenters. The average molecular weight is 441 g/mol. The monoisotopic (exact) mass is 440 g/mol. The van der Waals surface area contributed by atoms with E-state index in [-0.39, 0.29) is 22.1 Å². The molecule has 2 heterocycles. The van der Waals surface area contributed by atoms with Crippen molar-refractivity contribution in [2.24, 2.45) is 0 Å². The SMILES string of the molecule is CC[C@H]1CCCCN1S(=O)(=O)c1ccc(NC(=O)c2cc(=O)c3ccccc3o2)cc1. The summed E-state index contributed by atoms with van der Waals surface area (Å²) in [5.74, 6) is -0.694. The fraction of sp³-hybridized carbons (Fsp3) is 0.304. The summed E-state index contributed by atoms with van der Waals surface area (Å²) < 4.78 is 33.3. The zero-order valence-corrected chi connectivity index (χ0v) is 18.0. The predicted molar refractivity (Wildman–Crippen MR) is 119 cm³/mol. The second-order valence-corrected chi connectivity index (χ2v) is 9.51. The van der Waals surface area contributed by atoms with Gasteiger partial charge < -0.3 is 9.73 Å². The highest BCUT2D eigenvalue weighted by molar-refractivity contribution is 7.89. The van der Waals surface area contributed by atoms with Crippen LogP contribution in [-0.4, -0.2) is 31.2 Å². The van der Waals surface area contributed by atoms with Gasteiger partial charge in [-0.3, -0.25) is 9.59 Å². The van der Waals surface area contributed by atoms with E-state index in [9.17, 15) is 18.0 Å². The lowest BCUT2D eigenvalue weighted by atomic mass is 10.0. The molecule has 0 unspecified atom stereocenters. The maximum Gasteiger partial charge on any atom is 0.291 e. The Morgan fingerprint density at radius 3 is 2.61 bits per heavy atom. The normalized spacial score (nSPS) is 17.5. The molecule has 0 spiro atoms. The van der Waals surface area contributed by atoms with Gasteiger partial charge in [0.15, 0.2) is 11.2 Å². The summed E-state index contributed by atoms with van der Waals surface area (Å²) in [5, 5.41) is 3.05. The van der Waals surface area contributed by atoms with Gasteiger partial charge in [-0.05, 0) is 55.7 Å². The van der Waals surface area contributed by atoms with E-state index in [1.54, 1.807) is 28.6 Å². The van der Waals surface area contributed by atoms with Gasteiger partial charge >= 0.3 is 0 Å². The van der Waals surface area contributed by atoms with E-state index in [0.717, 1.165) is 31.7 Å². The topological polar surface area (TPSA) is 96.7 Å². The van der Waals surface area contributed by atoms with Gasteiger partial charge in [0.1, 0.15) is 5.58 Å². The van der Waals surface area contributed by atoms with Crippen molar-refractivity contribution in [3.63, 3.8) is 0 Å². The number of piperidine rings is 1. The van der Waals surface area contributed by atoms with Gasteiger partial charge in [-0.15, -0.1) is 0 Å². The molecular weight excluding hydrogens is 416 g/mol. The van der Waals surface area contributed by atoms with Crippen LogP contribution >= 0.6 is 0 Å². The van der Waals surface area contributed by atoms with E-state index in [1.165, 1.54) is 24.3 Å².